The van der Waals surface area contributed by atoms with Crippen molar-refractivity contribution >= 4 is 28.6 Å². The van der Waals surface area contributed by atoms with Gasteiger partial charge in [-0.15, -0.1) is 22.7 Å². The van der Waals surface area contributed by atoms with Gasteiger partial charge in [0.05, 0.1) is 35.5 Å². The first-order valence-electron chi connectivity index (χ1n) is 7.13. The molecule has 5 nitrogen and oxygen atoms in total. The van der Waals surface area contributed by atoms with Gasteiger partial charge in [-0.2, -0.15) is 0 Å². The van der Waals surface area contributed by atoms with Crippen LogP contribution in [0.4, 0.5) is 0 Å². The number of aromatic nitrogens is 3. The molecule has 3 aromatic rings. The summed E-state index contributed by atoms with van der Waals surface area (Å²) in [4.78, 5) is 24.3. The summed E-state index contributed by atoms with van der Waals surface area (Å²) in [7, 11) is 1.39. The molecule has 0 radical (unpaired) electrons. The van der Waals surface area contributed by atoms with Crippen LogP contribution in [0.25, 0.3) is 11.4 Å². The summed E-state index contributed by atoms with van der Waals surface area (Å²) >= 11 is 3.26. The molecular formula is C16H17N3O2S2. The van der Waals surface area contributed by atoms with Gasteiger partial charge in [0.15, 0.2) is 0 Å². The fourth-order valence-electron chi connectivity index (χ4n) is 2.53. The maximum atomic E-state index is 11.9. The maximum absolute atomic E-state index is 11.9. The molecule has 120 valence electrons. The predicted octanol–water partition coefficient (Wildman–Crippen LogP) is 3.90. The van der Waals surface area contributed by atoms with Crippen molar-refractivity contribution in [1.82, 2.24) is 15.0 Å². The van der Waals surface area contributed by atoms with E-state index in [9.17, 15) is 4.79 Å². The molecule has 0 fully saturated rings. The summed E-state index contributed by atoms with van der Waals surface area (Å²) in [6, 6.07) is 0. The molecule has 0 saturated heterocycles. The summed E-state index contributed by atoms with van der Waals surface area (Å²) in [5.41, 5.74) is 5.04. The molecule has 0 unspecified atom stereocenters. The van der Waals surface area contributed by atoms with Crippen molar-refractivity contribution in [2.75, 3.05) is 7.11 Å². The number of esters is 1. The van der Waals surface area contributed by atoms with Crippen molar-refractivity contribution in [2.24, 2.45) is 0 Å². The van der Waals surface area contributed by atoms with Crippen molar-refractivity contribution in [3.8, 4) is 11.4 Å². The first kappa shape index (κ1) is 15.9. The molecule has 0 atom stereocenters. The number of ether oxygens (including phenoxy) is 1. The summed E-state index contributed by atoms with van der Waals surface area (Å²) in [5.74, 6) is -0.323. The minimum Gasteiger partial charge on any atom is -0.465 e. The molecule has 0 aliphatic heterocycles. The number of methoxy groups -OCH3 is 1. The highest BCUT2D eigenvalue weighted by molar-refractivity contribution is 7.11. The average Bonchev–Trinajstić information content (AvgIpc) is 3.20. The van der Waals surface area contributed by atoms with Crippen LogP contribution in [0.15, 0.2) is 10.8 Å². The Morgan fingerprint density at radius 3 is 2.52 bits per heavy atom. The Morgan fingerprint density at radius 2 is 1.87 bits per heavy atom. The lowest BCUT2D eigenvalue weighted by Gasteiger charge is -1.99. The third-order valence-corrected chi connectivity index (χ3v) is 5.42. The summed E-state index contributed by atoms with van der Waals surface area (Å²) in [5, 5.41) is 6.14. The lowest BCUT2D eigenvalue weighted by atomic mass is 10.1. The van der Waals surface area contributed by atoms with Gasteiger partial charge in [-0.3, -0.25) is 0 Å². The van der Waals surface area contributed by atoms with Crippen molar-refractivity contribution in [2.45, 2.75) is 27.2 Å². The lowest BCUT2D eigenvalue weighted by molar-refractivity contribution is 0.0599. The van der Waals surface area contributed by atoms with Gasteiger partial charge in [0, 0.05) is 22.1 Å². The number of aromatic amines is 1. The van der Waals surface area contributed by atoms with Crippen molar-refractivity contribution < 1.29 is 9.53 Å². The first-order chi connectivity index (χ1) is 11.0. The number of rotatable bonds is 4. The number of carbonyl (C=O) groups is 1. The van der Waals surface area contributed by atoms with E-state index in [-0.39, 0.29) is 5.97 Å². The molecule has 3 aromatic heterocycles. The van der Waals surface area contributed by atoms with E-state index < -0.39 is 0 Å². The van der Waals surface area contributed by atoms with Crippen LogP contribution in [-0.2, 0) is 11.2 Å². The number of nitrogens with zero attached hydrogens (tertiary/aromatic N) is 2. The third-order valence-electron chi connectivity index (χ3n) is 3.60. The van der Waals surface area contributed by atoms with Crippen LogP contribution in [0.3, 0.4) is 0 Å². The zero-order chi connectivity index (χ0) is 16.6. The molecule has 3 heterocycles. The highest BCUT2D eigenvalue weighted by Crippen LogP contribution is 2.29. The molecule has 0 saturated carbocycles. The standard InChI is InChI=1S/C16H17N3O2S2/c1-8-6-22-12(17-8)5-13-19-11(7-23-13)15-9(2)14(10(3)18-15)16(20)21-4/h6-7,18H,5H2,1-4H3. The topological polar surface area (TPSA) is 67.9 Å². The van der Waals surface area contributed by atoms with Crippen LogP contribution in [0.5, 0.6) is 0 Å². The zero-order valence-electron chi connectivity index (χ0n) is 13.4. The highest BCUT2D eigenvalue weighted by atomic mass is 32.1. The van der Waals surface area contributed by atoms with Gasteiger partial charge in [0.25, 0.3) is 0 Å². The van der Waals surface area contributed by atoms with E-state index >= 15 is 0 Å². The second-order valence-corrected chi connectivity index (χ2v) is 7.19. The van der Waals surface area contributed by atoms with Crippen molar-refractivity contribution in [3.05, 3.63) is 43.3 Å². The normalized spacial score (nSPS) is 11.0. The third kappa shape index (κ3) is 3.07. The molecule has 0 aliphatic carbocycles. The van der Waals surface area contributed by atoms with E-state index in [0.717, 1.165) is 44.8 Å². The quantitative estimate of drug-likeness (QED) is 0.727. The van der Waals surface area contributed by atoms with Crippen LogP contribution in [-0.4, -0.2) is 28.0 Å². The van der Waals surface area contributed by atoms with E-state index in [0.29, 0.717) is 5.56 Å². The number of nitrogens with one attached hydrogen (secondary N) is 1. The number of aryl methyl sites for hydroxylation is 2. The fraction of sp³-hybridized carbons (Fsp3) is 0.312. The largest absolute Gasteiger partial charge is 0.465 e. The molecule has 0 bridgehead atoms. The summed E-state index contributed by atoms with van der Waals surface area (Å²) in [6.45, 7) is 5.77. The minimum absolute atomic E-state index is 0.323. The van der Waals surface area contributed by atoms with Crippen LogP contribution in [0.2, 0.25) is 0 Å². The minimum atomic E-state index is -0.323. The SMILES string of the molecule is COC(=O)c1c(C)[nH]c(-c2csc(Cc3nc(C)cs3)n2)c1C. The molecule has 23 heavy (non-hydrogen) atoms. The predicted molar refractivity (Wildman–Crippen MR) is 92.4 cm³/mol. The van der Waals surface area contributed by atoms with E-state index in [2.05, 4.69) is 15.0 Å². The Morgan fingerprint density at radius 1 is 1.17 bits per heavy atom. The van der Waals surface area contributed by atoms with E-state index in [1.165, 1.54) is 7.11 Å². The lowest BCUT2D eigenvalue weighted by Crippen LogP contribution is -2.03. The molecule has 0 spiro atoms. The number of thiazole rings is 2. The van der Waals surface area contributed by atoms with Crippen LogP contribution < -0.4 is 0 Å². The number of hydrogen-bond acceptors (Lipinski definition) is 6. The molecule has 7 heteroatoms. The van der Waals surface area contributed by atoms with Crippen LogP contribution in [0.1, 0.15) is 37.3 Å². The average molecular weight is 347 g/mol. The molecule has 0 aromatic carbocycles. The summed E-state index contributed by atoms with van der Waals surface area (Å²) in [6.07, 6.45) is 0.742. The van der Waals surface area contributed by atoms with Crippen molar-refractivity contribution in [3.63, 3.8) is 0 Å². The molecule has 0 amide bonds. The van der Waals surface area contributed by atoms with Gasteiger partial charge in [-0.1, -0.05) is 0 Å². The second-order valence-electron chi connectivity index (χ2n) is 5.30. The van der Waals surface area contributed by atoms with Gasteiger partial charge < -0.3 is 9.72 Å². The van der Waals surface area contributed by atoms with Gasteiger partial charge in [-0.05, 0) is 26.3 Å². The Bertz CT molecular complexity index is 861. The summed E-state index contributed by atoms with van der Waals surface area (Å²) < 4.78 is 4.85. The number of hydrogen-bond donors (Lipinski definition) is 1. The number of carbonyl (C=O) groups excluding carboxylic acids is 1. The molecule has 0 aliphatic rings. The monoisotopic (exact) mass is 347 g/mol. The maximum Gasteiger partial charge on any atom is 0.339 e. The second kappa shape index (κ2) is 6.25. The van der Waals surface area contributed by atoms with Gasteiger partial charge >= 0.3 is 5.97 Å². The van der Waals surface area contributed by atoms with E-state index in [1.54, 1.807) is 22.7 Å². The Kier molecular flexibility index (Phi) is 4.32. The number of H-pyrrole nitrogens is 1. The zero-order valence-corrected chi connectivity index (χ0v) is 15.0. The van der Waals surface area contributed by atoms with Crippen molar-refractivity contribution in [1.29, 1.82) is 0 Å². The smallest absolute Gasteiger partial charge is 0.339 e. The Labute approximate surface area is 142 Å². The van der Waals surface area contributed by atoms with E-state index in [1.807, 2.05) is 31.5 Å². The van der Waals surface area contributed by atoms with Gasteiger partial charge in [-0.25, -0.2) is 14.8 Å². The molecule has 1 N–H and O–H groups in total. The Hall–Kier alpha value is -1.99. The van der Waals surface area contributed by atoms with Crippen LogP contribution in [0, 0.1) is 20.8 Å². The molecule has 3 rings (SSSR count). The van der Waals surface area contributed by atoms with Gasteiger partial charge in [0.1, 0.15) is 5.01 Å². The highest BCUT2D eigenvalue weighted by Gasteiger charge is 2.21. The van der Waals surface area contributed by atoms with Gasteiger partial charge in [0.2, 0.25) is 0 Å². The van der Waals surface area contributed by atoms with E-state index in [4.69, 9.17) is 4.74 Å². The van der Waals surface area contributed by atoms with Crippen LogP contribution >= 0.6 is 22.7 Å². The Balaban J connectivity index is 1.90. The fourth-order valence-corrected chi connectivity index (χ4v) is 4.19. The molecular weight excluding hydrogens is 330 g/mol. The first-order valence-corrected chi connectivity index (χ1v) is 8.88.